The lowest BCUT2D eigenvalue weighted by Crippen LogP contribution is -2.43. The van der Waals surface area contributed by atoms with Gasteiger partial charge in [-0.3, -0.25) is 4.79 Å². The van der Waals surface area contributed by atoms with Crippen molar-refractivity contribution in [3.05, 3.63) is 39.9 Å². The highest BCUT2D eigenvalue weighted by Crippen LogP contribution is 2.23. The summed E-state index contributed by atoms with van der Waals surface area (Å²) in [7, 11) is 0. The maximum absolute atomic E-state index is 12.3. The van der Waals surface area contributed by atoms with Crippen molar-refractivity contribution in [1.82, 2.24) is 4.90 Å². The van der Waals surface area contributed by atoms with Crippen LogP contribution in [0.25, 0.3) is 6.08 Å². The molecule has 114 valence electrons. The van der Waals surface area contributed by atoms with Crippen LogP contribution in [0.2, 0.25) is 10.0 Å². The summed E-state index contributed by atoms with van der Waals surface area (Å²) in [5.41, 5.74) is 0.769. The molecule has 1 fully saturated rings. The third-order valence-corrected chi connectivity index (χ3v) is 4.30. The smallest absolute Gasteiger partial charge is 0.246 e. The van der Waals surface area contributed by atoms with E-state index < -0.39 is 0 Å². The van der Waals surface area contributed by atoms with Gasteiger partial charge in [0.05, 0.1) is 0 Å². The zero-order chi connectivity index (χ0) is 15.2. The second kappa shape index (κ2) is 7.83. The summed E-state index contributed by atoms with van der Waals surface area (Å²) < 4.78 is 0. The van der Waals surface area contributed by atoms with E-state index in [1.807, 2.05) is 4.90 Å². The van der Waals surface area contributed by atoms with Crippen LogP contribution in [0.1, 0.15) is 31.2 Å². The highest BCUT2D eigenvalue weighted by Gasteiger charge is 2.24. The quantitative estimate of drug-likeness (QED) is 0.855. The molecule has 1 unspecified atom stereocenters. The van der Waals surface area contributed by atoms with Gasteiger partial charge in [-0.05, 0) is 49.5 Å². The van der Waals surface area contributed by atoms with Crippen LogP contribution in [0.5, 0.6) is 0 Å². The number of hydrogen-bond acceptors (Lipinski definition) is 2. The van der Waals surface area contributed by atoms with Crippen molar-refractivity contribution in [2.75, 3.05) is 13.2 Å². The Labute approximate surface area is 135 Å². The Kier molecular flexibility index (Phi) is 6.09. The fraction of sp³-hybridized carbons (Fsp3) is 0.438. The van der Waals surface area contributed by atoms with Crippen LogP contribution < -0.4 is 0 Å². The molecule has 5 heteroatoms. The number of aliphatic hydroxyl groups is 1. The predicted molar refractivity (Wildman–Crippen MR) is 86.6 cm³/mol. The molecule has 21 heavy (non-hydrogen) atoms. The van der Waals surface area contributed by atoms with Gasteiger partial charge in [-0.15, -0.1) is 0 Å². The van der Waals surface area contributed by atoms with E-state index in [-0.39, 0.29) is 18.6 Å². The monoisotopic (exact) mass is 327 g/mol. The molecule has 1 aromatic carbocycles. The van der Waals surface area contributed by atoms with Crippen molar-refractivity contribution < 1.29 is 9.90 Å². The van der Waals surface area contributed by atoms with E-state index in [0.717, 1.165) is 31.4 Å². The van der Waals surface area contributed by atoms with Crippen LogP contribution in [0.4, 0.5) is 0 Å². The van der Waals surface area contributed by atoms with E-state index in [9.17, 15) is 4.79 Å². The number of carbonyl (C=O) groups is 1. The Morgan fingerprint density at radius 2 is 2.19 bits per heavy atom. The average Bonchev–Trinajstić information content (AvgIpc) is 2.47. The number of amides is 1. The minimum absolute atomic E-state index is 0.0285. The maximum Gasteiger partial charge on any atom is 0.246 e. The molecule has 1 N–H and O–H groups in total. The zero-order valence-corrected chi connectivity index (χ0v) is 13.3. The molecule has 1 atom stereocenters. The molecule has 1 aromatic rings. The maximum atomic E-state index is 12.3. The molecule has 1 aliphatic rings. The number of benzene rings is 1. The molecule has 0 saturated carbocycles. The normalized spacial score (nSPS) is 19.2. The van der Waals surface area contributed by atoms with Gasteiger partial charge in [0.15, 0.2) is 0 Å². The third kappa shape index (κ3) is 4.47. The fourth-order valence-electron chi connectivity index (χ4n) is 2.63. The summed E-state index contributed by atoms with van der Waals surface area (Å²) in [6.07, 6.45) is 6.99. The van der Waals surface area contributed by atoms with Crippen LogP contribution in [-0.4, -0.2) is 35.1 Å². The lowest BCUT2D eigenvalue weighted by atomic mass is 9.99. The molecular formula is C16H19Cl2NO2. The van der Waals surface area contributed by atoms with Crippen LogP contribution >= 0.6 is 23.2 Å². The minimum Gasteiger partial charge on any atom is -0.396 e. The third-order valence-electron chi connectivity index (χ3n) is 3.74. The van der Waals surface area contributed by atoms with Gasteiger partial charge in [-0.25, -0.2) is 0 Å². The van der Waals surface area contributed by atoms with Gasteiger partial charge in [-0.2, -0.15) is 0 Å². The molecule has 1 amide bonds. The molecule has 0 aromatic heterocycles. The van der Waals surface area contributed by atoms with Crippen LogP contribution in [0.15, 0.2) is 24.3 Å². The molecule has 3 nitrogen and oxygen atoms in total. The topological polar surface area (TPSA) is 40.5 Å². The molecule has 0 aliphatic carbocycles. The van der Waals surface area contributed by atoms with E-state index in [1.54, 1.807) is 30.4 Å². The van der Waals surface area contributed by atoms with Gasteiger partial charge in [0, 0.05) is 35.3 Å². The number of piperidine rings is 1. The van der Waals surface area contributed by atoms with Gasteiger partial charge in [0.1, 0.15) is 0 Å². The number of likely N-dealkylation sites (tertiary alicyclic amines) is 1. The average molecular weight is 328 g/mol. The van der Waals surface area contributed by atoms with E-state index >= 15 is 0 Å². The van der Waals surface area contributed by atoms with Crippen molar-refractivity contribution in [1.29, 1.82) is 0 Å². The summed E-state index contributed by atoms with van der Waals surface area (Å²) >= 11 is 11.9. The first kappa shape index (κ1) is 16.3. The van der Waals surface area contributed by atoms with Crippen molar-refractivity contribution in [2.24, 2.45) is 0 Å². The van der Waals surface area contributed by atoms with Crippen molar-refractivity contribution >= 4 is 35.2 Å². The van der Waals surface area contributed by atoms with Crippen LogP contribution in [0, 0.1) is 0 Å². The Morgan fingerprint density at radius 3 is 2.90 bits per heavy atom. The number of aliphatic hydroxyl groups excluding tert-OH is 1. The molecule has 0 radical (unpaired) electrons. The second-order valence-electron chi connectivity index (χ2n) is 5.19. The SMILES string of the molecule is O=C(/C=C/c1ccc(Cl)cc1Cl)N1CCCCC1CCO. The summed E-state index contributed by atoms with van der Waals surface area (Å²) in [6, 6.07) is 5.33. The molecule has 2 rings (SSSR count). The highest BCUT2D eigenvalue weighted by molar-refractivity contribution is 6.35. The molecule has 0 bridgehead atoms. The predicted octanol–water partition coefficient (Wildman–Crippen LogP) is 3.77. The Bertz CT molecular complexity index is 529. The Balaban J connectivity index is 2.06. The molecular weight excluding hydrogens is 309 g/mol. The number of nitrogens with zero attached hydrogens (tertiary/aromatic N) is 1. The van der Waals surface area contributed by atoms with Gasteiger partial charge >= 0.3 is 0 Å². The van der Waals surface area contributed by atoms with Gasteiger partial charge in [0.2, 0.25) is 5.91 Å². The molecule has 1 saturated heterocycles. The van der Waals surface area contributed by atoms with Crippen LogP contribution in [0.3, 0.4) is 0 Å². The molecule has 0 spiro atoms. The number of carbonyl (C=O) groups excluding carboxylic acids is 1. The van der Waals surface area contributed by atoms with Crippen molar-refractivity contribution in [3.8, 4) is 0 Å². The number of rotatable bonds is 4. The van der Waals surface area contributed by atoms with E-state index in [0.29, 0.717) is 16.5 Å². The Hall–Kier alpha value is -1.03. The van der Waals surface area contributed by atoms with Crippen LogP contribution in [-0.2, 0) is 4.79 Å². The summed E-state index contributed by atoms with van der Waals surface area (Å²) in [6.45, 7) is 0.864. The number of halogens is 2. The Morgan fingerprint density at radius 1 is 1.38 bits per heavy atom. The number of hydrogen-bond donors (Lipinski definition) is 1. The highest BCUT2D eigenvalue weighted by atomic mass is 35.5. The van der Waals surface area contributed by atoms with E-state index in [2.05, 4.69) is 0 Å². The van der Waals surface area contributed by atoms with Gasteiger partial charge in [0.25, 0.3) is 0 Å². The van der Waals surface area contributed by atoms with Gasteiger partial charge in [-0.1, -0.05) is 29.3 Å². The van der Waals surface area contributed by atoms with E-state index in [1.165, 1.54) is 0 Å². The largest absolute Gasteiger partial charge is 0.396 e. The lowest BCUT2D eigenvalue weighted by molar-refractivity contribution is -0.129. The lowest BCUT2D eigenvalue weighted by Gasteiger charge is -2.34. The first-order chi connectivity index (χ1) is 10.1. The van der Waals surface area contributed by atoms with Crippen molar-refractivity contribution in [2.45, 2.75) is 31.7 Å². The molecule has 1 heterocycles. The summed E-state index contributed by atoms with van der Waals surface area (Å²) in [5, 5.41) is 10.2. The fourth-order valence-corrected chi connectivity index (χ4v) is 3.10. The first-order valence-electron chi connectivity index (χ1n) is 7.16. The minimum atomic E-state index is -0.0285. The summed E-state index contributed by atoms with van der Waals surface area (Å²) in [4.78, 5) is 14.2. The van der Waals surface area contributed by atoms with Gasteiger partial charge < -0.3 is 10.0 Å². The van der Waals surface area contributed by atoms with E-state index in [4.69, 9.17) is 28.3 Å². The second-order valence-corrected chi connectivity index (χ2v) is 6.04. The summed E-state index contributed by atoms with van der Waals surface area (Å²) in [5.74, 6) is -0.0285. The van der Waals surface area contributed by atoms with Crippen molar-refractivity contribution in [3.63, 3.8) is 0 Å². The zero-order valence-electron chi connectivity index (χ0n) is 11.8. The first-order valence-corrected chi connectivity index (χ1v) is 7.92. The standard InChI is InChI=1S/C16H19Cl2NO2/c17-13-6-4-12(15(18)11-13)5-7-16(21)19-9-2-1-3-14(19)8-10-20/h4-7,11,14,20H,1-3,8-10H2/b7-5+. The molecule has 1 aliphatic heterocycles.